The molecule has 0 spiro atoms. The van der Waals surface area contributed by atoms with Crippen molar-refractivity contribution in [3.8, 4) is 0 Å². The van der Waals surface area contributed by atoms with E-state index in [1.807, 2.05) is 13.0 Å². The van der Waals surface area contributed by atoms with Gasteiger partial charge in [0.1, 0.15) is 5.82 Å². The topological polar surface area (TPSA) is 71.1 Å². The minimum absolute atomic E-state index is 0.0276. The van der Waals surface area contributed by atoms with Gasteiger partial charge in [0, 0.05) is 12.6 Å². The van der Waals surface area contributed by atoms with E-state index in [2.05, 4.69) is 15.0 Å². The maximum atomic E-state index is 12.9. The smallest absolute Gasteiger partial charge is 0.240 e. The van der Waals surface area contributed by atoms with E-state index in [-0.39, 0.29) is 16.8 Å². The van der Waals surface area contributed by atoms with Crippen LogP contribution in [0.2, 0.25) is 0 Å². The lowest BCUT2D eigenvalue weighted by Crippen LogP contribution is -2.22. The molecule has 0 radical (unpaired) electrons. The molecule has 2 rings (SSSR count). The van der Waals surface area contributed by atoms with Gasteiger partial charge in [0.05, 0.1) is 16.8 Å². The highest BCUT2D eigenvalue weighted by Gasteiger charge is 2.13. The summed E-state index contributed by atoms with van der Waals surface area (Å²) < 4.78 is 38.9. The van der Waals surface area contributed by atoms with Crippen LogP contribution < -0.4 is 10.0 Å². The molecule has 0 fully saturated rings. The highest BCUT2D eigenvalue weighted by atomic mass is 32.2. The summed E-state index contributed by atoms with van der Waals surface area (Å²) in [5.74, 6) is -0.367. The zero-order valence-corrected chi connectivity index (χ0v) is 13.9. The number of pyridine rings is 1. The molecule has 7 heteroatoms. The summed E-state index contributed by atoms with van der Waals surface area (Å²) in [7, 11) is -2.07. The van der Waals surface area contributed by atoms with Crippen LogP contribution >= 0.6 is 0 Å². The quantitative estimate of drug-likeness (QED) is 0.814. The Hall–Kier alpha value is -1.83. The third kappa shape index (κ3) is 4.57. The molecular formula is C16H20FN3O2S. The molecule has 0 saturated carbocycles. The summed E-state index contributed by atoms with van der Waals surface area (Å²) in [4.78, 5) is 4.32. The second-order valence-electron chi connectivity index (χ2n) is 5.10. The van der Waals surface area contributed by atoms with Gasteiger partial charge < -0.3 is 5.32 Å². The van der Waals surface area contributed by atoms with E-state index in [4.69, 9.17) is 0 Å². The predicted molar refractivity (Wildman–Crippen MR) is 86.8 cm³/mol. The molecule has 1 aromatic carbocycles. The first-order valence-corrected chi connectivity index (χ1v) is 8.82. The van der Waals surface area contributed by atoms with Gasteiger partial charge in [-0.3, -0.25) is 4.98 Å². The van der Waals surface area contributed by atoms with Crippen molar-refractivity contribution >= 4 is 10.0 Å². The first-order chi connectivity index (χ1) is 11.0. The molecular weight excluding hydrogens is 317 g/mol. The van der Waals surface area contributed by atoms with E-state index in [0.29, 0.717) is 6.54 Å². The molecule has 0 aliphatic carbocycles. The number of sulfonamides is 1. The molecule has 0 saturated heterocycles. The van der Waals surface area contributed by atoms with Gasteiger partial charge in [0.2, 0.25) is 10.0 Å². The van der Waals surface area contributed by atoms with Crippen LogP contribution in [-0.4, -0.2) is 20.4 Å². The van der Waals surface area contributed by atoms with Crippen molar-refractivity contribution in [2.24, 2.45) is 0 Å². The number of halogens is 1. The molecule has 5 nitrogen and oxygen atoms in total. The number of hydrogen-bond donors (Lipinski definition) is 2. The maximum Gasteiger partial charge on any atom is 0.240 e. The molecule has 0 amide bonds. The van der Waals surface area contributed by atoms with E-state index in [1.165, 1.54) is 19.3 Å². The van der Waals surface area contributed by atoms with E-state index in [1.54, 1.807) is 24.3 Å². The molecule has 0 bridgehead atoms. The fourth-order valence-corrected chi connectivity index (χ4v) is 3.03. The van der Waals surface area contributed by atoms with Crippen LogP contribution in [0.15, 0.2) is 47.5 Å². The first-order valence-electron chi connectivity index (χ1n) is 7.33. The Morgan fingerprint density at radius 3 is 2.65 bits per heavy atom. The number of nitrogens with one attached hydrogen (secondary N) is 2. The SMILES string of the molecule is CCC(NCc1cccc(S(=O)(=O)NC)c1)c1ccc(F)cn1. The third-order valence-corrected chi connectivity index (χ3v) is 4.96. The van der Waals surface area contributed by atoms with Gasteiger partial charge >= 0.3 is 0 Å². The van der Waals surface area contributed by atoms with Gasteiger partial charge in [-0.25, -0.2) is 17.5 Å². The Bertz CT molecular complexity index is 748. The molecule has 23 heavy (non-hydrogen) atoms. The minimum Gasteiger partial charge on any atom is -0.305 e. The number of nitrogens with zero attached hydrogens (tertiary/aromatic N) is 1. The molecule has 2 aromatic rings. The second-order valence-corrected chi connectivity index (χ2v) is 6.98. The molecule has 0 aliphatic heterocycles. The van der Waals surface area contributed by atoms with Gasteiger partial charge in [-0.05, 0) is 43.3 Å². The van der Waals surface area contributed by atoms with E-state index in [0.717, 1.165) is 17.7 Å². The summed E-state index contributed by atoms with van der Waals surface area (Å²) in [5.41, 5.74) is 1.61. The summed E-state index contributed by atoms with van der Waals surface area (Å²) in [6.07, 6.45) is 1.98. The Morgan fingerprint density at radius 2 is 2.04 bits per heavy atom. The van der Waals surface area contributed by atoms with Crippen molar-refractivity contribution in [2.45, 2.75) is 30.8 Å². The average Bonchev–Trinajstić information content (AvgIpc) is 2.57. The average molecular weight is 337 g/mol. The predicted octanol–water partition coefficient (Wildman–Crippen LogP) is 2.37. The zero-order valence-electron chi connectivity index (χ0n) is 13.1. The van der Waals surface area contributed by atoms with Crippen molar-refractivity contribution in [3.63, 3.8) is 0 Å². The number of aromatic nitrogens is 1. The van der Waals surface area contributed by atoms with Gasteiger partial charge in [0.15, 0.2) is 0 Å². The van der Waals surface area contributed by atoms with Crippen LogP contribution in [0.25, 0.3) is 0 Å². The van der Waals surface area contributed by atoms with Crippen molar-refractivity contribution in [2.75, 3.05) is 7.05 Å². The standard InChI is InChI=1S/C16H20FN3O2S/c1-3-15(16-8-7-13(17)11-20-16)19-10-12-5-4-6-14(9-12)23(21,22)18-2/h4-9,11,15,18-19H,3,10H2,1-2H3. The van der Waals surface area contributed by atoms with Crippen LogP contribution in [0.5, 0.6) is 0 Å². The highest BCUT2D eigenvalue weighted by molar-refractivity contribution is 7.89. The lowest BCUT2D eigenvalue weighted by molar-refractivity contribution is 0.503. The van der Waals surface area contributed by atoms with Crippen LogP contribution in [0.4, 0.5) is 4.39 Å². The van der Waals surface area contributed by atoms with Crippen LogP contribution in [0.3, 0.4) is 0 Å². The third-order valence-electron chi connectivity index (χ3n) is 3.55. The fraction of sp³-hybridized carbons (Fsp3) is 0.312. The molecule has 1 heterocycles. The zero-order chi connectivity index (χ0) is 16.9. The number of rotatable bonds is 7. The van der Waals surface area contributed by atoms with Crippen molar-refractivity contribution in [3.05, 3.63) is 59.7 Å². The molecule has 1 aromatic heterocycles. The first kappa shape index (κ1) is 17.5. The fourth-order valence-electron chi connectivity index (χ4n) is 2.23. The Labute approximate surface area is 136 Å². The number of benzene rings is 1. The van der Waals surface area contributed by atoms with E-state index < -0.39 is 10.0 Å². The van der Waals surface area contributed by atoms with Crippen molar-refractivity contribution < 1.29 is 12.8 Å². The van der Waals surface area contributed by atoms with Gasteiger partial charge in [0.25, 0.3) is 0 Å². The monoisotopic (exact) mass is 337 g/mol. The van der Waals surface area contributed by atoms with Crippen molar-refractivity contribution in [1.29, 1.82) is 0 Å². The molecule has 1 atom stereocenters. The van der Waals surface area contributed by atoms with Crippen molar-refractivity contribution in [1.82, 2.24) is 15.0 Å². The van der Waals surface area contributed by atoms with Crippen LogP contribution in [0, 0.1) is 5.82 Å². The lowest BCUT2D eigenvalue weighted by atomic mass is 10.1. The Balaban J connectivity index is 2.10. The maximum absolute atomic E-state index is 12.9. The van der Waals surface area contributed by atoms with E-state index >= 15 is 0 Å². The van der Waals surface area contributed by atoms with E-state index in [9.17, 15) is 12.8 Å². The number of hydrogen-bond acceptors (Lipinski definition) is 4. The minimum atomic E-state index is -3.45. The summed E-state index contributed by atoms with van der Waals surface area (Å²) in [5, 5.41) is 3.32. The Morgan fingerprint density at radius 1 is 1.26 bits per heavy atom. The molecule has 124 valence electrons. The Kier molecular flexibility index (Phi) is 5.81. The second kappa shape index (κ2) is 7.63. The summed E-state index contributed by atoms with van der Waals surface area (Å²) >= 11 is 0. The molecule has 2 N–H and O–H groups in total. The molecule has 1 unspecified atom stereocenters. The summed E-state index contributed by atoms with van der Waals surface area (Å²) in [6, 6.07) is 9.74. The van der Waals surface area contributed by atoms with Gasteiger partial charge in [-0.2, -0.15) is 0 Å². The highest BCUT2D eigenvalue weighted by Crippen LogP contribution is 2.16. The van der Waals surface area contributed by atoms with Gasteiger partial charge in [-0.1, -0.05) is 19.1 Å². The van der Waals surface area contributed by atoms with Gasteiger partial charge in [-0.15, -0.1) is 0 Å². The van der Waals surface area contributed by atoms with Crippen LogP contribution in [-0.2, 0) is 16.6 Å². The largest absolute Gasteiger partial charge is 0.305 e. The molecule has 0 aliphatic rings. The lowest BCUT2D eigenvalue weighted by Gasteiger charge is -2.16. The normalized spacial score (nSPS) is 13.0. The van der Waals surface area contributed by atoms with Crippen LogP contribution in [0.1, 0.15) is 30.6 Å². The summed E-state index contributed by atoms with van der Waals surface area (Å²) in [6.45, 7) is 2.50.